The average Bonchev–Trinajstić information content (AvgIpc) is 2.00. The van der Waals surface area contributed by atoms with E-state index in [1.54, 1.807) is 0 Å². The Morgan fingerprint density at radius 3 is 1.13 bits per heavy atom. The summed E-state index contributed by atoms with van der Waals surface area (Å²) in [7, 11) is 0. The van der Waals surface area contributed by atoms with Gasteiger partial charge < -0.3 is 4.79 Å². The second-order valence-electron chi connectivity index (χ2n) is 5.77. The Bertz CT molecular complexity index is 147. The van der Waals surface area contributed by atoms with Gasteiger partial charge in [0.15, 0.2) is 0 Å². The van der Waals surface area contributed by atoms with E-state index in [4.69, 9.17) is 9.78 Å². The number of carbonyl (C=O) groups excluding carboxylic acids is 1. The Morgan fingerprint density at radius 1 is 0.867 bits per heavy atom. The molecule has 0 heterocycles. The maximum absolute atomic E-state index is 9.50. The summed E-state index contributed by atoms with van der Waals surface area (Å²) in [6, 6.07) is 0. The molecule has 0 spiro atoms. The zero-order valence-corrected chi connectivity index (χ0v) is 11.4. The van der Waals surface area contributed by atoms with Crippen LogP contribution in [0.4, 0.5) is 0 Å². The molecule has 0 amide bonds. The molecule has 0 saturated heterocycles. The first-order chi connectivity index (χ1) is 6.48. The highest BCUT2D eigenvalue weighted by Gasteiger charge is 2.18. The van der Waals surface area contributed by atoms with Gasteiger partial charge in [-0.15, -0.1) is 0 Å². The zero-order chi connectivity index (χ0) is 12.7. The van der Waals surface area contributed by atoms with Gasteiger partial charge in [-0.25, -0.2) is 9.78 Å². The molecule has 0 rings (SSSR count). The molecule has 3 heteroatoms. The Labute approximate surface area is 94.1 Å². The molecular weight excluding hydrogens is 192 g/mol. The maximum atomic E-state index is 9.50. The first-order valence-electron chi connectivity index (χ1n) is 5.30. The lowest BCUT2D eigenvalue weighted by molar-refractivity contribution is -0.393. The van der Waals surface area contributed by atoms with Gasteiger partial charge >= 0.3 is 0 Å². The van der Waals surface area contributed by atoms with Gasteiger partial charge in [-0.1, -0.05) is 13.8 Å². The normalized spacial score (nSPS) is 12.1. The van der Waals surface area contributed by atoms with Gasteiger partial charge in [0.25, 0.3) is 0 Å². The van der Waals surface area contributed by atoms with Crippen LogP contribution in [-0.4, -0.2) is 17.5 Å². The molecule has 0 atom stereocenters. The molecule has 0 aliphatic carbocycles. The predicted octanol–water partition coefficient (Wildman–Crippen LogP) is 3.37. The van der Waals surface area contributed by atoms with Gasteiger partial charge in [0.05, 0.1) is 11.2 Å². The largest absolute Gasteiger partial charge is 0.303 e. The van der Waals surface area contributed by atoms with Crippen molar-refractivity contribution in [1.29, 1.82) is 0 Å². The maximum Gasteiger partial charge on any atom is 0.122 e. The summed E-state index contributed by atoms with van der Waals surface area (Å²) in [5.41, 5.74) is -0.430. The highest BCUT2D eigenvalue weighted by atomic mass is 17.2. The van der Waals surface area contributed by atoms with Crippen LogP contribution in [0.1, 0.15) is 55.4 Å². The number of aldehydes is 1. The van der Waals surface area contributed by atoms with Gasteiger partial charge in [-0.3, -0.25) is 0 Å². The Morgan fingerprint density at radius 2 is 1.07 bits per heavy atom. The van der Waals surface area contributed by atoms with Gasteiger partial charge in [-0.2, -0.15) is 0 Å². The number of carbonyl (C=O) groups is 1. The minimum atomic E-state index is -0.215. The van der Waals surface area contributed by atoms with Crippen LogP contribution in [0.2, 0.25) is 0 Å². The first kappa shape index (κ1) is 17.0. The molecular formula is C12H26O3. The van der Waals surface area contributed by atoms with Crippen molar-refractivity contribution in [3.05, 3.63) is 0 Å². The van der Waals surface area contributed by atoms with E-state index < -0.39 is 0 Å². The van der Waals surface area contributed by atoms with E-state index in [-0.39, 0.29) is 17.1 Å². The lowest BCUT2D eigenvalue weighted by Gasteiger charge is -2.24. The van der Waals surface area contributed by atoms with Gasteiger partial charge in [-0.05, 0) is 41.5 Å². The van der Waals surface area contributed by atoms with Crippen molar-refractivity contribution in [2.24, 2.45) is 5.92 Å². The van der Waals surface area contributed by atoms with E-state index in [0.717, 1.165) is 6.29 Å². The number of hydrogen-bond acceptors (Lipinski definition) is 3. The lowest BCUT2D eigenvalue weighted by Crippen LogP contribution is -2.27. The summed E-state index contributed by atoms with van der Waals surface area (Å²) in [5, 5.41) is 0. The molecule has 0 aliphatic heterocycles. The summed E-state index contributed by atoms with van der Waals surface area (Å²) < 4.78 is 0. The minimum absolute atomic E-state index is 0.204. The molecule has 0 aromatic heterocycles. The molecule has 0 saturated carbocycles. The van der Waals surface area contributed by atoms with E-state index in [9.17, 15) is 4.79 Å². The number of hydrogen-bond donors (Lipinski definition) is 0. The molecule has 15 heavy (non-hydrogen) atoms. The van der Waals surface area contributed by atoms with E-state index in [2.05, 4.69) is 0 Å². The van der Waals surface area contributed by atoms with E-state index in [1.807, 2.05) is 55.4 Å². The van der Waals surface area contributed by atoms with Crippen molar-refractivity contribution in [1.82, 2.24) is 0 Å². The topological polar surface area (TPSA) is 35.5 Å². The summed E-state index contributed by atoms with van der Waals surface area (Å²) in [6.07, 6.45) is 0.917. The van der Waals surface area contributed by atoms with Crippen molar-refractivity contribution in [3.8, 4) is 0 Å². The Hall–Kier alpha value is -0.410. The molecule has 0 fully saturated rings. The molecule has 0 aromatic rings. The standard InChI is InChI=1S/C8H18O2.C4H8O/c1-7(2,3)9-10-8(4,5)6;1-4(2)3-5/h1-6H3;3-4H,1-2H3. The summed E-state index contributed by atoms with van der Waals surface area (Å²) in [6.45, 7) is 15.5. The molecule has 0 aliphatic rings. The van der Waals surface area contributed by atoms with Crippen LogP contribution in [0.3, 0.4) is 0 Å². The SMILES string of the molecule is CC(C)(C)OOC(C)(C)C.CC(C)C=O. The Kier molecular flexibility index (Phi) is 7.89. The zero-order valence-electron chi connectivity index (χ0n) is 11.4. The van der Waals surface area contributed by atoms with Gasteiger partial charge in [0.2, 0.25) is 0 Å². The third-order valence-electron chi connectivity index (χ3n) is 0.814. The van der Waals surface area contributed by atoms with Crippen LogP contribution in [0.5, 0.6) is 0 Å². The summed E-state index contributed by atoms with van der Waals surface area (Å²) >= 11 is 0. The predicted molar refractivity (Wildman–Crippen MR) is 62.6 cm³/mol. The monoisotopic (exact) mass is 218 g/mol. The van der Waals surface area contributed by atoms with Crippen molar-refractivity contribution in [2.75, 3.05) is 0 Å². The molecule has 0 aromatic carbocycles. The van der Waals surface area contributed by atoms with Crippen LogP contribution < -0.4 is 0 Å². The van der Waals surface area contributed by atoms with Crippen LogP contribution in [0, 0.1) is 5.92 Å². The van der Waals surface area contributed by atoms with E-state index in [0.29, 0.717) is 0 Å². The van der Waals surface area contributed by atoms with Crippen LogP contribution >= 0.6 is 0 Å². The summed E-state index contributed by atoms with van der Waals surface area (Å²) in [5.74, 6) is 0.204. The third kappa shape index (κ3) is 24.7. The number of rotatable bonds is 2. The van der Waals surface area contributed by atoms with Crippen molar-refractivity contribution >= 4 is 6.29 Å². The van der Waals surface area contributed by atoms with Crippen LogP contribution in [0.25, 0.3) is 0 Å². The molecule has 0 unspecified atom stereocenters. The van der Waals surface area contributed by atoms with Gasteiger partial charge in [0, 0.05) is 5.92 Å². The highest BCUT2D eigenvalue weighted by molar-refractivity contribution is 5.51. The molecule has 0 N–H and O–H groups in total. The van der Waals surface area contributed by atoms with Crippen LogP contribution in [0.15, 0.2) is 0 Å². The third-order valence-corrected chi connectivity index (χ3v) is 0.814. The molecule has 0 radical (unpaired) electrons. The molecule has 92 valence electrons. The van der Waals surface area contributed by atoms with E-state index >= 15 is 0 Å². The molecule has 0 bridgehead atoms. The van der Waals surface area contributed by atoms with Gasteiger partial charge in [0.1, 0.15) is 6.29 Å². The second kappa shape index (κ2) is 6.96. The fourth-order valence-electron chi connectivity index (χ4n) is 0.250. The van der Waals surface area contributed by atoms with Crippen molar-refractivity contribution < 1.29 is 14.6 Å². The quantitative estimate of drug-likeness (QED) is 0.405. The van der Waals surface area contributed by atoms with Crippen molar-refractivity contribution in [2.45, 2.75) is 66.6 Å². The fourth-order valence-corrected chi connectivity index (χ4v) is 0.250. The summed E-state index contributed by atoms with van der Waals surface area (Å²) in [4.78, 5) is 19.7. The minimum Gasteiger partial charge on any atom is -0.303 e. The smallest absolute Gasteiger partial charge is 0.122 e. The van der Waals surface area contributed by atoms with Crippen LogP contribution in [-0.2, 0) is 14.6 Å². The lowest BCUT2D eigenvalue weighted by atomic mass is 10.2. The first-order valence-corrected chi connectivity index (χ1v) is 5.30. The highest BCUT2D eigenvalue weighted by Crippen LogP contribution is 2.14. The van der Waals surface area contributed by atoms with E-state index in [1.165, 1.54) is 0 Å². The average molecular weight is 218 g/mol. The molecule has 3 nitrogen and oxygen atoms in total. The second-order valence-corrected chi connectivity index (χ2v) is 5.77. The van der Waals surface area contributed by atoms with Crippen molar-refractivity contribution in [3.63, 3.8) is 0 Å². The Balaban J connectivity index is 0. The fraction of sp³-hybridized carbons (Fsp3) is 0.917.